The summed E-state index contributed by atoms with van der Waals surface area (Å²) in [6, 6.07) is 15.3. The molecular formula is C21H20Cl2N2O2. The van der Waals surface area contributed by atoms with E-state index in [1.807, 2.05) is 36.4 Å². The summed E-state index contributed by atoms with van der Waals surface area (Å²) in [7, 11) is 1.63. The Hall–Kier alpha value is -2.27. The molecular weight excluding hydrogens is 383 g/mol. The Labute approximate surface area is 169 Å². The third-order valence-corrected chi connectivity index (χ3v) is 4.78. The van der Waals surface area contributed by atoms with E-state index in [-0.39, 0.29) is 0 Å². The highest BCUT2D eigenvalue weighted by Gasteiger charge is 2.11. The van der Waals surface area contributed by atoms with Crippen molar-refractivity contribution in [1.82, 2.24) is 10.3 Å². The smallest absolute Gasteiger partial charge is 0.166 e. The molecule has 0 aliphatic carbocycles. The van der Waals surface area contributed by atoms with Crippen molar-refractivity contribution in [3.8, 4) is 11.5 Å². The molecule has 3 aromatic rings. The fourth-order valence-electron chi connectivity index (χ4n) is 2.65. The Bertz CT molecular complexity index is 889. The Morgan fingerprint density at radius 3 is 2.48 bits per heavy atom. The monoisotopic (exact) mass is 402 g/mol. The van der Waals surface area contributed by atoms with Gasteiger partial charge in [0.1, 0.15) is 6.61 Å². The Kier molecular flexibility index (Phi) is 6.93. The van der Waals surface area contributed by atoms with Gasteiger partial charge in [-0.15, -0.1) is 0 Å². The van der Waals surface area contributed by atoms with E-state index in [1.165, 1.54) is 5.56 Å². The molecule has 0 radical (unpaired) electrons. The maximum absolute atomic E-state index is 6.09. The van der Waals surface area contributed by atoms with Gasteiger partial charge in [-0.1, -0.05) is 41.4 Å². The van der Waals surface area contributed by atoms with Gasteiger partial charge in [-0.2, -0.15) is 0 Å². The molecule has 0 amide bonds. The van der Waals surface area contributed by atoms with Gasteiger partial charge in [0.25, 0.3) is 0 Å². The minimum absolute atomic E-state index is 0.370. The largest absolute Gasteiger partial charge is 0.493 e. The number of nitrogens with one attached hydrogen (secondary N) is 1. The number of pyridine rings is 1. The third-order valence-electron chi connectivity index (χ3n) is 4.04. The first-order chi connectivity index (χ1) is 13.2. The molecule has 0 spiro atoms. The average Bonchev–Trinajstić information content (AvgIpc) is 2.70. The molecule has 1 aromatic heterocycles. The maximum atomic E-state index is 6.09. The van der Waals surface area contributed by atoms with Crippen LogP contribution in [0.25, 0.3) is 0 Å². The standard InChI is InChI=1S/C21H20Cl2N2O2/c1-26-20-4-2-3-17(13-25-12-15-7-9-24-10-8-15)21(20)27-14-16-5-6-18(22)19(23)11-16/h2-11,25H,12-14H2,1H3. The van der Waals surface area contributed by atoms with E-state index in [4.69, 9.17) is 32.7 Å². The van der Waals surface area contributed by atoms with Crippen molar-refractivity contribution < 1.29 is 9.47 Å². The van der Waals surface area contributed by atoms with Gasteiger partial charge in [-0.3, -0.25) is 4.98 Å². The van der Waals surface area contributed by atoms with Gasteiger partial charge in [-0.05, 0) is 41.5 Å². The van der Waals surface area contributed by atoms with E-state index >= 15 is 0 Å². The zero-order valence-corrected chi connectivity index (χ0v) is 16.4. The normalized spacial score (nSPS) is 10.6. The number of methoxy groups -OCH3 is 1. The number of hydrogen-bond donors (Lipinski definition) is 1. The molecule has 27 heavy (non-hydrogen) atoms. The van der Waals surface area contributed by atoms with Crippen LogP contribution in [0, 0.1) is 0 Å². The fraction of sp³-hybridized carbons (Fsp3) is 0.190. The SMILES string of the molecule is COc1cccc(CNCc2ccncc2)c1OCc1ccc(Cl)c(Cl)c1. The van der Waals surface area contributed by atoms with Crippen molar-refractivity contribution in [2.75, 3.05) is 7.11 Å². The first kappa shape index (κ1) is 19.5. The van der Waals surface area contributed by atoms with E-state index in [0.717, 1.165) is 17.7 Å². The first-order valence-corrected chi connectivity index (χ1v) is 9.25. The molecule has 0 aliphatic heterocycles. The number of nitrogens with zero attached hydrogens (tertiary/aromatic N) is 1. The van der Waals surface area contributed by atoms with Gasteiger partial charge >= 0.3 is 0 Å². The minimum Gasteiger partial charge on any atom is -0.493 e. The van der Waals surface area contributed by atoms with Crippen LogP contribution in [0.2, 0.25) is 10.0 Å². The molecule has 0 saturated carbocycles. The summed E-state index contributed by atoms with van der Waals surface area (Å²) in [5, 5.41) is 4.46. The second kappa shape index (κ2) is 9.60. The van der Waals surface area contributed by atoms with Crippen molar-refractivity contribution in [1.29, 1.82) is 0 Å². The van der Waals surface area contributed by atoms with Crippen molar-refractivity contribution >= 4 is 23.2 Å². The predicted molar refractivity (Wildman–Crippen MR) is 109 cm³/mol. The van der Waals surface area contributed by atoms with E-state index in [0.29, 0.717) is 34.7 Å². The third kappa shape index (κ3) is 5.36. The van der Waals surface area contributed by atoms with Crippen LogP contribution in [-0.4, -0.2) is 12.1 Å². The summed E-state index contributed by atoms with van der Waals surface area (Å²) in [6.07, 6.45) is 3.57. The Morgan fingerprint density at radius 2 is 1.74 bits per heavy atom. The first-order valence-electron chi connectivity index (χ1n) is 8.49. The molecule has 1 heterocycles. The van der Waals surface area contributed by atoms with Crippen molar-refractivity contribution in [2.24, 2.45) is 0 Å². The summed E-state index contributed by atoms with van der Waals surface area (Å²) < 4.78 is 11.5. The lowest BCUT2D eigenvalue weighted by molar-refractivity contribution is 0.280. The zero-order chi connectivity index (χ0) is 19.1. The number of ether oxygens (including phenoxy) is 2. The molecule has 6 heteroatoms. The summed E-state index contributed by atoms with van der Waals surface area (Å²) in [6.45, 7) is 1.76. The van der Waals surface area contributed by atoms with Gasteiger partial charge in [0.2, 0.25) is 0 Å². The van der Waals surface area contributed by atoms with Crippen LogP contribution in [-0.2, 0) is 19.7 Å². The van der Waals surface area contributed by atoms with Gasteiger partial charge in [0.15, 0.2) is 11.5 Å². The molecule has 0 atom stereocenters. The van der Waals surface area contributed by atoms with Gasteiger partial charge in [0.05, 0.1) is 17.2 Å². The van der Waals surface area contributed by atoms with E-state index in [9.17, 15) is 0 Å². The number of rotatable bonds is 8. The lowest BCUT2D eigenvalue weighted by Gasteiger charge is -2.16. The predicted octanol–water partition coefficient (Wildman–Crippen LogP) is 5.27. The maximum Gasteiger partial charge on any atom is 0.166 e. The molecule has 0 unspecified atom stereocenters. The molecule has 0 bridgehead atoms. The van der Waals surface area contributed by atoms with E-state index in [1.54, 1.807) is 31.6 Å². The second-order valence-electron chi connectivity index (χ2n) is 5.94. The van der Waals surface area contributed by atoms with Crippen LogP contribution in [0.1, 0.15) is 16.7 Å². The van der Waals surface area contributed by atoms with Crippen LogP contribution in [0.15, 0.2) is 60.9 Å². The lowest BCUT2D eigenvalue weighted by atomic mass is 10.1. The van der Waals surface area contributed by atoms with Crippen LogP contribution in [0.4, 0.5) is 0 Å². The Morgan fingerprint density at radius 1 is 0.926 bits per heavy atom. The summed E-state index contributed by atoms with van der Waals surface area (Å²) in [5.41, 5.74) is 3.13. The van der Waals surface area contributed by atoms with Crippen molar-refractivity contribution in [3.63, 3.8) is 0 Å². The summed E-state index contributed by atoms with van der Waals surface area (Å²) >= 11 is 12.1. The molecule has 1 N–H and O–H groups in total. The number of halogens is 2. The van der Waals surface area contributed by atoms with E-state index in [2.05, 4.69) is 10.3 Å². The molecule has 0 aliphatic rings. The van der Waals surface area contributed by atoms with Crippen molar-refractivity contribution in [2.45, 2.75) is 19.7 Å². The van der Waals surface area contributed by atoms with Crippen LogP contribution in [0.3, 0.4) is 0 Å². The number of para-hydroxylation sites is 1. The summed E-state index contributed by atoms with van der Waals surface area (Å²) in [5.74, 6) is 1.41. The molecule has 4 nitrogen and oxygen atoms in total. The van der Waals surface area contributed by atoms with Crippen LogP contribution in [0.5, 0.6) is 11.5 Å². The van der Waals surface area contributed by atoms with Gasteiger partial charge < -0.3 is 14.8 Å². The molecule has 0 fully saturated rings. The number of benzene rings is 2. The topological polar surface area (TPSA) is 43.4 Å². The number of aromatic nitrogens is 1. The average molecular weight is 403 g/mol. The Balaban J connectivity index is 1.69. The zero-order valence-electron chi connectivity index (χ0n) is 14.9. The van der Waals surface area contributed by atoms with Crippen molar-refractivity contribution in [3.05, 3.63) is 87.7 Å². The van der Waals surface area contributed by atoms with E-state index < -0.39 is 0 Å². The van der Waals surface area contributed by atoms with Gasteiger partial charge in [0, 0.05) is 31.0 Å². The lowest BCUT2D eigenvalue weighted by Crippen LogP contribution is -2.14. The second-order valence-corrected chi connectivity index (χ2v) is 6.76. The quantitative estimate of drug-likeness (QED) is 0.557. The number of hydrogen-bond acceptors (Lipinski definition) is 4. The summed E-state index contributed by atoms with van der Waals surface area (Å²) in [4.78, 5) is 4.03. The molecule has 140 valence electrons. The van der Waals surface area contributed by atoms with Crippen LogP contribution >= 0.6 is 23.2 Å². The minimum atomic E-state index is 0.370. The molecule has 0 saturated heterocycles. The fourth-order valence-corrected chi connectivity index (χ4v) is 2.97. The van der Waals surface area contributed by atoms with Crippen LogP contribution < -0.4 is 14.8 Å². The highest BCUT2D eigenvalue weighted by molar-refractivity contribution is 6.42. The molecule has 3 rings (SSSR count). The highest BCUT2D eigenvalue weighted by Crippen LogP contribution is 2.32. The molecule has 2 aromatic carbocycles. The van der Waals surface area contributed by atoms with Gasteiger partial charge in [-0.25, -0.2) is 0 Å². The highest BCUT2D eigenvalue weighted by atomic mass is 35.5.